The van der Waals surface area contributed by atoms with Gasteiger partial charge in [0.1, 0.15) is 5.82 Å². The lowest BCUT2D eigenvalue weighted by Gasteiger charge is -2.46. The number of carbonyl (C=O) groups is 1. The summed E-state index contributed by atoms with van der Waals surface area (Å²) < 4.78 is 0.380. The minimum absolute atomic E-state index is 0.287. The monoisotopic (exact) mass is 610 g/mol. The minimum atomic E-state index is -0.289. The van der Waals surface area contributed by atoms with Crippen molar-refractivity contribution in [3.63, 3.8) is 0 Å². The van der Waals surface area contributed by atoms with Crippen LogP contribution in [0.15, 0.2) is 66.5 Å². The molecular formula is C29H35IN6O. The number of nitrogens with zero attached hydrogens (tertiary/aromatic N) is 5. The van der Waals surface area contributed by atoms with Crippen LogP contribution in [0.3, 0.4) is 0 Å². The maximum absolute atomic E-state index is 13.9. The lowest BCUT2D eigenvalue weighted by Crippen LogP contribution is -2.53. The van der Waals surface area contributed by atoms with Gasteiger partial charge in [0.15, 0.2) is 0 Å². The Balaban J connectivity index is 1.29. The summed E-state index contributed by atoms with van der Waals surface area (Å²) in [5, 5.41) is 1.75. The molecule has 2 aromatic carbocycles. The van der Waals surface area contributed by atoms with E-state index in [1.165, 1.54) is 0 Å². The number of anilines is 2. The number of hydrogen-bond donors (Lipinski definition) is 1. The molecule has 2 aliphatic heterocycles. The van der Waals surface area contributed by atoms with Gasteiger partial charge in [0.05, 0.1) is 28.3 Å². The summed E-state index contributed by atoms with van der Waals surface area (Å²) in [6.07, 6.45) is 7.68. The highest BCUT2D eigenvalue weighted by Gasteiger charge is 2.45. The van der Waals surface area contributed by atoms with Crippen LogP contribution < -0.4 is 15.8 Å². The lowest BCUT2D eigenvalue weighted by molar-refractivity contribution is -0.148. The second kappa shape index (κ2) is 10.9. The molecule has 2 N–H and O–H groups in total. The van der Waals surface area contributed by atoms with Crippen LogP contribution >= 0.6 is 22.6 Å². The number of para-hydroxylation sites is 3. The van der Waals surface area contributed by atoms with Crippen LogP contribution in [0.2, 0.25) is 0 Å². The van der Waals surface area contributed by atoms with Crippen molar-refractivity contribution in [2.45, 2.75) is 50.0 Å². The Labute approximate surface area is 232 Å². The van der Waals surface area contributed by atoms with Gasteiger partial charge in [-0.1, -0.05) is 59.0 Å². The summed E-state index contributed by atoms with van der Waals surface area (Å²) in [4.78, 5) is 27.7. The molecule has 1 aromatic heterocycles. The molecule has 2 fully saturated rings. The Hall–Kier alpha value is -2.72. The maximum Gasteiger partial charge on any atom is 0.229 e. The number of alkyl halides is 1. The van der Waals surface area contributed by atoms with Crippen molar-refractivity contribution in [3.05, 3.63) is 72.1 Å². The van der Waals surface area contributed by atoms with E-state index in [0.29, 0.717) is 10.5 Å². The van der Waals surface area contributed by atoms with Gasteiger partial charge in [0.2, 0.25) is 5.91 Å². The molecule has 7 nitrogen and oxygen atoms in total. The number of aromatic nitrogens is 2. The number of benzene rings is 2. The van der Waals surface area contributed by atoms with Gasteiger partial charge >= 0.3 is 0 Å². The molecule has 5 rings (SSSR count). The topological polar surface area (TPSA) is 78.6 Å². The fourth-order valence-electron chi connectivity index (χ4n) is 5.72. The highest BCUT2D eigenvalue weighted by atomic mass is 127. The Morgan fingerprint density at radius 2 is 1.81 bits per heavy atom. The fourth-order valence-corrected chi connectivity index (χ4v) is 6.24. The van der Waals surface area contributed by atoms with Crippen LogP contribution in [0.1, 0.15) is 45.1 Å². The van der Waals surface area contributed by atoms with E-state index in [2.05, 4.69) is 56.4 Å². The second-order valence-electron chi connectivity index (χ2n) is 10.3. The van der Waals surface area contributed by atoms with E-state index in [9.17, 15) is 4.79 Å². The first-order valence-corrected chi connectivity index (χ1v) is 14.3. The molecule has 1 amide bonds. The Kier molecular flexibility index (Phi) is 7.67. The average Bonchev–Trinajstić information content (AvgIpc) is 2.91. The number of amides is 1. The van der Waals surface area contributed by atoms with Gasteiger partial charge in [-0.15, -0.1) is 0 Å². The van der Waals surface area contributed by atoms with E-state index in [4.69, 9.17) is 10.8 Å². The molecule has 0 bridgehead atoms. The Morgan fingerprint density at radius 1 is 1.11 bits per heavy atom. The lowest BCUT2D eigenvalue weighted by atomic mass is 9.71. The third-order valence-corrected chi connectivity index (χ3v) is 8.13. The third kappa shape index (κ3) is 5.45. The number of halogens is 1. The van der Waals surface area contributed by atoms with Gasteiger partial charge in [-0.25, -0.2) is 10.8 Å². The molecule has 1 spiro atoms. The van der Waals surface area contributed by atoms with Crippen LogP contribution in [0, 0.1) is 5.41 Å². The predicted molar refractivity (Wildman–Crippen MR) is 158 cm³/mol. The number of allylic oxidation sites excluding steroid dienone is 2. The van der Waals surface area contributed by atoms with E-state index in [-0.39, 0.29) is 11.3 Å². The largest absolute Gasteiger partial charge is 0.355 e. The average molecular weight is 611 g/mol. The number of fused-ring (bicyclic) bond motifs is 1. The SMILES string of the molecule is C/C(=C/C(C)I)N(N)c1ccccc1CN1CCCC2(CCN(c3cnc4ccccc4n3)CC2)C1=O. The summed E-state index contributed by atoms with van der Waals surface area (Å²) in [5.74, 6) is 7.70. The molecule has 8 heteroatoms. The number of piperidine rings is 2. The Bertz CT molecular complexity index is 1300. The van der Waals surface area contributed by atoms with E-state index in [1.807, 2.05) is 55.6 Å². The van der Waals surface area contributed by atoms with E-state index in [0.717, 1.165) is 79.1 Å². The highest BCUT2D eigenvalue weighted by molar-refractivity contribution is 14.1. The molecule has 0 aliphatic carbocycles. The standard InChI is InChI=1S/C29H35IN6O/c1-21(30)18-22(2)36(31)26-11-6-3-8-23(26)20-35-15-7-12-29(28(35)37)13-16-34(17-14-29)27-19-32-24-9-4-5-10-25(24)33-27/h3-6,8-11,18-19,21H,7,12-17,20,31H2,1-2H3/b22-18-. The Morgan fingerprint density at radius 3 is 2.57 bits per heavy atom. The van der Waals surface area contributed by atoms with Crippen LogP contribution in [0.4, 0.5) is 11.5 Å². The van der Waals surface area contributed by atoms with Crippen LogP contribution in [0.25, 0.3) is 11.0 Å². The van der Waals surface area contributed by atoms with E-state index >= 15 is 0 Å². The molecular weight excluding hydrogens is 575 g/mol. The minimum Gasteiger partial charge on any atom is -0.355 e. The molecule has 2 aliphatic rings. The number of nitrogens with two attached hydrogens (primary N) is 1. The van der Waals surface area contributed by atoms with E-state index < -0.39 is 0 Å². The zero-order valence-electron chi connectivity index (χ0n) is 21.6. The summed E-state index contributed by atoms with van der Waals surface area (Å²) in [7, 11) is 0. The van der Waals surface area contributed by atoms with Crippen molar-refractivity contribution in [1.29, 1.82) is 0 Å². The van der Waals surface area contributed by atoms with Crippen LogP contribution in [-0.4, -0.2) is 44.3 Å². The first kappa shape index (κ1) is 25.9. The quantitative estimate of drug-likeness (QED) is 0.173. The third-order valence-electron chi connectivity index (χ3n) is 7.77. The highest BCUT2D eigenvalue weighted by Crippen LogP contribution is 2.42. The first-order valence-electron chi connectivity index (χ1n) is 13.1. The van der Waals surface area contributed by atoms with Crippen LogP contribution in [-0.2, 0) is 11.3 Å². The van der Waals surface area contributed by atoms with Gasteiger partial charge in [-0.2, -0.15) is 0 Å². The number of likely N-dealkylation sites (tertiary alicyclic amines) is 1. The number of hydrazine groups is 1. The van der Waals surface area contributed by atoms with Gasteiger partial charge in [-0.05, 0) is 63.3 Å². The first-order chi connectivity index (χ1) is 17.9. The molecule has 194 valence electrons. The molecule has 1 atom stereocenters. The number of hydrogen-bond acceptors (Lipinski definition) is 6. The van der Waals surface area contributed by atoms with E-state index in [1.54, 1.807) is 5.01 Å². The van der Waals surface area contributed by atoms with Crippen molar-refractivity contribution in [2.75, 3.05) is 29.5 Å². The zero-order chi connectivity index (χ0) is 26.0. The predicted octanol–water partition coefficient (Wildman–Crippen LogP) is 5.45. The van der Waals surface area contributed by atoms with Crippen molar-refractivity contribution < 1.29 is 4.79 Å². The van der Waals surface area contributed by atoms with Crippen molar-refractivity contribution >= 4 is 51.0 Å². The molecule has 37 heavy (non-hydrogen) atoms. The fraction of sp³-hybridized carbons (Fsp3) is 0.414. The molecule has 3 aromatic rings. The molecule has 0 saturated carbocycles. The van der Waals surface area contributed by atoms with Gasteiger partial charge < -0.3 is 9.80 Å². The smallest absolute Gasteiger partial charge is 0.229 e. The summed E-state index contributed by atoms with van der Waals surface area (Å²) in [5.41, 5.74) is 4.55. The van der Waals surface area contributed by atoms with Crippen LogP contribution in [0.5, 0.6) is 0 Å². The van der Waals surface area contributed by atoms with Gasteiger partial charge in [0.25, 0.3) is 0 Å². The van der Waals surface area contributed by atoms with Crippen molar-refractivity contribution in [1.82, 2.24) is 14.9 Å². The van der Waals surface area contributed by atoms with Gasteiger partial charge in [-0.3, -0.25) is 14.8 Å². The second-order valence-corrected chi connectivity index (χ2v) is 12.3. The number of carbonyl (C=O) groups excluding carboxylic acids is 1. The summed E-state index contributed by atoms with van der Waals surface area (Å²) in [6.45, 7) is 7.17. The van der Waals surface area contributed by atoms with Gasteiger partial charge in [0, 0.05) is 35.8 Å². The van der Waals surface area contributed by atoms with Crippen molar-refractivity contribution in [2.24, 2.45) is 11.3 Å². The molecule has 2 saturated heterocycles. The molecule has 0 radical (unpaired) electrons. The number of rotatable bonds is 6. The molecule has 3 heterocycles. The normalized spacial score (nSPS) is 18.9. The zero-order valence-corrected chi connectivity index (χ0v) is 23.8. The van der Waals surface area contributed by atoms with Crippen molar-refractivity contribution in [3.8, 4) is 0 Å². The summed E-state index contributed by atoms with van der Waals surface area (Å²) >= 11 is 2.37. The maximum atomic E-state index is 13.9. The summed E-state index contributed by atoms with van der Waals surface area (Å²) in [6, 6.07) is 16.1. The molecule has 1 unspecified atom stereocenters.